The van der Waals surface area contributed by atoms with Crippen molar-refractivity contribution in [2.75, 3.05) is 80.8 Å². The molecule has 4 aromatic heterocycles. The van der Waals surface area contributed by atoms with E-state index in [0.717, 1.165) is 151 Å². The maximum absolute atomic E-state index is 13.1. The highest BCUT2D eigenvalue weighted by Gasteiger charge is 2.29. The number of aliphatic hydroxyl groups is 1. The molecule has 5 aromatic rings. The Hall–Kier alpha value is -5.80. The van der Waals surface area contributed by atoms with Crippen LogP contribution < -0.4 is 29.9 Å². The Morgan fingerprint density at radius 2 is 1.69 bits per heavy atom. The molecule has 0 bridgehead atoms. The van der Waals surface area contributed by atoms with Crippen molar-refractivity contribution in [2.45, 2.75) is 115 Å². The fourth-order valence-corrected chi connectivity index (χ4v) is 10.8. The number of pyridine rings is 1. The van der Waals surface area contributed by atoms with E-state index in [2.05, 4.69) is 64.4 Å². The number of likely N-dealkylation sites (tertiary alicyclic amines) is 1. The Balaban J connectivity index is 0.627. The zero-order chi connectivity index (χ0) is 48.9. The SMILES string of the molecule is CCc1cnn2c(NCc3ccc(OCCOCC4CCN(CC5CCN(c6ncc(C(=O)NC7CCC(Oc8ccc(C#N)c(Cl)c8)CC7)cn6)CC5)CC4)nc3)cc(N3CCCC[C@H]3CCO)nc12. The molecule has 0 radical (unpaired) electrons. The van der Waals surface area contributed by atoms with E-state index in [1.54, 1.807) is 30.6 Å². The number of rotatable bonds is 20. The Labute approximate surface area is 422 Å². The average Bonchev–Trinajstić information content (AvgIpc) is 3.83. The molecule has 4 fully saturated rings. The quantitative estimate of drug-likeness (QED) is 0.0650. The van der Waals surface area contributed by atoms with E-state index in [4.69, 9.17) is 36.1 Å². The van der Waals surface area contributed by atoms with Crippen molar-refractivity contribution in [3.05, 3.63) is 88.5 Å². The summed E-state index contributed by atoms with van der Waals surface area (Å²) >= 11 is 6.17. The Morgan fingerprint density at radius 3 is 2.42 bits per heavy atom. The molecule has 0 spiro atoms. The van der Waals surface area contributed by atoms with Gasteiger partial charge in [0.05, 0.1) is 35.1 Å². The van der Waals surface area contributed by atoms with Crippen LogP contribution in [0.5, 0.6) is 11.6 Å². The second kappa shape index (κ2) is 24.6. The Bertz CT molecular complexity index is 2530. The predicted octanol–water partition coefficient (Wildman–Crippen LogP) is 7.50. The number of hydrogen-bond acceptors (Lipinski definition) is 15. The van der Waals surface area contributed by atoms with Crippen LogP contribution in [0.2, 0.25) is 5.02 Å². The number of hydrogen-bond donors (Lipinski definition) is 3. The van der Waals surface area contributed by atoms with Gasteiger partial charge in [-0.25, -0.2) is 19.9 Å². The van der Waals surface area contributed by atoms with Gasteiger partial charge >= 0.3 is 0 Å². The summed E-state index contributed by atoms with van der Waals surface area (Å²) in [6, 6.07) is 13.6. The number of carbonyl (C=O) groups excluding carboxylic acids is 1. The number of nitrogens with one attached hydrogen (secondary N) is 2. The van der Waals surface area contributed by atoms with Gasteiger partial charge in [0.2, 0.25) is 11.8 Å². The number of aliphatic hydroxyl groups excluding tert-OH is 1. The van der Waals surface area contributed by atoms with Crippen LogP contribution in [0.15, 0.2) is 61.2 Å². The van der Waals surface area contributed by atoms with Crippen LogP contribution in [0.4, 0.5) is 17.6 Å². The first kappa shape index (κ1) is 50.2. The van der Waals surface area contributed by atoms with Gasteiger partial charge in [-0.15, -0.1) is 0 Å². The van der Waals surface area contributed by atoms with Crippen molar-refractivity contribution >= 4 is 40.7 Å². The number of amides is 1. The zero-order valence-corrected chi connectivity index (χ0v) is 41.8. The second-order valence-corrected chi connectivity index (χ2v) is 20.1. The van der Waals surface area contributed by atoms with Gasteiger partial charge in [-0.2, -0.15) is 14.9 Å². The van der Waals surface area contributed by atoms with E-state index in [-0.39, 0.29) is 30.7 Å². The molecule has 9 rings (SSSR count). The number of nitriles is 1. The third kappa shape index (κ3) is 13.2. The summed E-state index contributed by atoms with van der Waals surface area (Å²) in [6.45, 7) is 10.7. The lowest BCUT2D eigenvalue weighted by Gasteiger charge is -2.37. The number of fused-ring (bicyclic) bond motifs is 1. The van der Waals surface area contributed by atoms with Crippen molar-refractivity contribution in [1.29, 1.82) is 5.26 Å². The summed E-state index contributed by atoms with van der Waals surface area (Å²) in [4.78, 5) is 39.1. The summed E-state index contributed by atoms with van der Waals surface area (Å²) in [6.07, 6.45) is 19.8. The van der Waals surface area contributed by atoms with E-state index in [0.29, 0.717) is 65.3 Å². The maximum atomic E-state index is 13.1. The lowest BCUT2D eigenvalue weighted by atomic mass is 9.92. The first-order valence-electron chi connectivity index (χ1n) is 25.9. The number of carbonyl (C=O) groups is 1. The number of piperidine rings is 3. The standard InChI is InChI=1S/C53H69ClN12O5/c1-2-40-34-60-66-48(28-49(62-51(40)66)65-19-4-3-5-44(65)18-24-67)56-30-39-6-13-50(57-31-39)70-26-25-69-36-38-14-20-63(21-15-38)35-37-16-22-64(23-17-37)53-58-32-42(33-59-53)52(68)61-43-8-11-45(12-9-43)71-46-10-7-41(29-55)47(54)27-46/h6-7,10,13,27-28,31-34,37-38,43-45,56,67H,2-5,8-9,11-12,14-26,30,35-36H2,1H3,(H,61,68)/t43?,44-,45?/m0/s1. The number of aryl methyl sites for hydroxylation is 1. The molecule has 1 amide bonds. The predicted molar refractivity (Wildman–Crippen MR) is 273 cm³/mol. The first-order valence-corrected chi connectivity index (χ1v) is 26.3. The van der Waals surface area contributed by atoms with Gasteiger partial charge in [0.25, 0.3) is 5.91 Å². The molecule has 71 heavy (non-hydrogen) atoms. The molecular weight excluding hydrogens is 920 g/mol. The number of anilines is 3. The average molecular weight is 990 g/mol. The molecular formula is C53H69ClN12O5. The van der Waals surface area contributed by atoms with Gasteiger partial charge in [0, 0.05) is 100 Å². The van der Waals surface area contributed by atoms with E-state index >= 15 is 0 Å². The lowest BCUT2D eigenvalue weighted by Crippen LogP contribution is -2.42. The summed E-state index contributed by atoms with van der Waals surface area (Å²) in [5, 5.41) is 30.6. The maximum Gasteiger partial charge on any atom is 0.254 e. The second-order valence-electron chi connectivity index (χ2n) is 19.7. The van der Waals surface area contributed by atoms with E-state index in [1.165, 1.54) is 6.42 Å². The van der Waals surface area contributed by atoms with Gasteiger partial charge in [0.1, 0.15) is 30.1 Å². The molecule has 1 atom stereocenters. The number of benzene rings is 1. The van der Waals surface area contributed by atoms with Crippen molar-refractivity contribution in [3.63, 3.8) is 0 Å². The van der Waals surface area contributed by atoms with Gasteiger partial charge in [-0.1, -0.05) is 24.6 Å². The Kier molecular flexibility index (Phi) is 17.3. The largest absolute Gasteiger partial charge is 0.490 e. The highest BCUT2D eigenvalue weighted by Crippen LogP contribution is 2.31. The van der Waals surface area contributed by atoms with Crippen LogP contribution in [-0.4, -0.2) is 129 Å². The molecule has 378 valence electrons. The lowest BCUT2D eigenvalue weighted by molar-refractivity contribution is 0.0466. The van der Waals surface area contributed by atoms with E-state index in [9.17, 15) is 9.90 Å². The smallest absolute Gasteiger partial charge is 0.254 e. The highest BCUT2D eigenvalue weighted by molar-refractivity contribution is 6.31. The number of aromatic nitrogens is 6. The summed E-state index contributed by atoms with van der Waals surface area (Å²) in [5.41, 5.74) is 3.91. The van der Waals surface area contributed by atoms with Crippen molar-refractivity contribution < 1.29 is 24.1 Å². The van der Waals surface area contributed by atoms with Crippen molar-refractivity contribution in [2.24, 2.45) is 11.8 Å². The third-order valence-electron chi connectivity index (χ3n) is 14.8. The normalized spacial score (nSPS) is 20.5. The molecule has 0 unspecified atom stereocenters. The van der Waals surface area contributed by atoms with Gasteiger partial charge < -0.3 is 44.7 Å². The van der Waals surface area contributed by atoms with Crippen LogP contribution in [0.1, 0.15) is 111 Å². The van der Waals surface area contributed by atoms with Crippen LogP contribution in [0, 0.1) is 23.2 Å². The molecule has 3 aliphatic heterocycles. The number of halogens is 1. The minimum Gasteiger partial charge on any atom is -0.490 e. The molecule has 17 nitrogen and oxygen atoms in total. The van der Waals surface area contributed by atoms with Crippen LogP contribution in [-0.2, 0) is 17.7 Å². The van der Waals surface area contributed by atoms with Crippen LogP contribution in [0.25, 0.3) is 5.65 Å². The minimum absolute atomic E-state index is 0.0400. The third-order valence-corrected chi connectivity index (χ3v) is 15.1. The summed E-state index contributed by atoms with van der Waals surface area (Å²) in [5.74, 6) is 4.80. The topological polar surface area (TPSA) is 191 Å². The number of ether oxygens (including phenoxy) is 3. The van der Waals surface area contributed by atoms with Gasteiger partial charge in [-0.05, 0) is 126 Å². The fourth-order valence-electron chi connectivity index (χ4n) is 10.6. The number of nitrogens with zero attached hydrogens (tertiary/aromatic N) is 10. The molecule has 3 N–H and O–H groups in total. The van der Waals surface area contributed by atoms with E-state index in [1.807, 2.05) is 29.0 Å². The van der Waals surface area contributed by atoms with Crippen LogP contribution >= 0.6 is 11.6 Å². The monoisotopic (exact) mass is 989 g/mol. The highest BCUT2D eigenvalue weighted by atomic mass is 35.5. The van der Waals surface area contributed by atoms with Crippen LogP contribution in [0.3, 0.4) is 0 Å². The summed E-state index contributed by atoms with van der Waals surface area (Å²) < 4.78 is 20.0. The fraction of sp³-hybridized carbons (Fsp3) is 0.566. The van der Waals surface area contributed by atoms with Gasteiger partial charge in [-0.3, -0.25) is 4.79 Å². The molecule has 4 aliphatic rings. The zero-order valence-electron chi connectivity index (χ0n) is 41.1. The molecule has 18 heteroatoms. The molecule has 1 aliphatic carbocycles. The molecule has 7 heterocycles. The molecule has 1 saturated carbocycles. The Morgan fingerprint density at radius 1 is 0.887 bits per heavy atom. The van der Waals surface area contributed by atoms with Crippen molar-refractivity contribution in [3.8, 4) is 17.7 Å². The van der Waals surface area contributed by atoms with Crippen molar-refractivity contribution in [1.82, 2.24) is 39.8 Å². The molecule has 1 aromatic carbocycles. The summed E-state index contributed by atoms with van der Waals surface area (Å²) in [7, 11) is 0. The first-order chi connectivity index (χ1) is 34.8. The molecule has 3 saturated heterocycles. The minimum atomic E-state index is -0.148. The van der Waals surface area contributed by atoms with Gasteiger partial charge in [0.15, 0.2) is 5.65 Å². The van der Waals surface area contributed by atoms with E-state index < -0.39 is 0 Å².